The topological polar surface area (TPSA) is 93.1 Å². The summed E-state index contributed by atoms with van der Waals surface area (Å²) in [6.45, 7) is 5.09. The number of ether oxygens (including phenoxy) is 4. The lowest BCUT2D eigenvalue weighted by Crippen LogP contribution is -2.60. The molecule has 0 radical (unpaired) electrons. The van der Waals surface area contributed by atoms with E-state index in [1.54, 1.807) is 18.2 Å². The van der Waals surface area contributed by atoms with Gasteiger partial charge in [-0.15, -0.1) is 0 Å². The zero-order chi connectivity index (χ0) is 27.3. The number of carbonyl (C=O) groups is 1. The fourth-order valence-electron chi connectivity index (χ4n) is 5.02. The van der Waals surface area contributed by atoms with Crippen LogP contribution in [0.25, 0.3) is 0 Å². The standard InChI is InChI=1S/C29H36FN3O5/c1-28(2)37-25-16-29(27(34)32-13-14-33(3)4,36-18-20-9-11-23(30)12-10-20)15-24(26(25)38-28)35-19-22-8-6-5-7-21(22)17-31/h5-12,24-26H,13-16,18-19H2,1-4H3,(H,32,34)/t24?,25-,26+,29-/m1/s1. The monoisotopic (exact) mass is 525 g/mol. The number of nitrogens with one attached hydrogen (secondary N) is 1. The van der Waals surface area contributed by atoms with Gasteiger partial charge >= 0.3 is 0 Å². The third-order valence-corrected chi connectivity index (χ3v) is 6.93. The number of benzene rings is 2. The summed E-state index contributed by atoms with van der Waals surface area (Å²) in [7, 11) is 3.87. The molecule has 1 aliphatic heterocycles. The third-order valence-electron chi connectivity index (χ3n) is 6.93. The molecule has 2 aromatic carbocycles. The van der Waals surface area contributed by atoms with Gasteiger partial charge < -0.3 is 29.2 Å². The summed E-state index contributed by atoms with van der Waals surface area (Å²) < 4.78 is 38.7. The number of carbonyl (C=O) groups excluding carboxylic acids is 1. The van der Waals surface area contributed by atoms with Gasteiger partial charge in [0.1, 0.15) is 11.9 Å². The molecule has 1 saturated heterocycles. The van der Waals surface area contributed by atoms with Crippen LogP contribution in [0.5, 0.6) is 0 Å². The molecule has 9 heteroatoms. The van der Waals surface area contributed by atoms with Gasteiger partial charge in [0, 0.05) is 25.9 Å². The molecule has 204 valence electrons. The molecule has 1 heterocycles. The maximum Gasteiger partial charge on any atom is 0.252 e. The van der Waals surface area contributed by atoms with E-state index < -0.39 is 29.7 Å². The molecule has 4 atom stereocenters. The first kappa shape index (κ1) is 28.1. The summed E-state index contributed by atoms with van der Waals surface area (Å²) in [5.74, 6) is -1.44. The molecule has 1 unspecified atom stereocenters. The molecule has 1 amide bonds. The van der Waals surface area contributed by atoms with Crippen LogP contribution in [0.4, 0.5) is 4.39 Å². The van der Waals surface area contributed by atoms with Crippen molar-refractivity contribution in [3.8, 4) is 6.07 Å². The quantitative estimate of drug-likeness (QED) is 0.507. The Balaban J connectivity index is 1.60. The van der Waals surface area contributed by atoms with Gasteiger partial charge in [-0.3, -0.25) is 4.79 Å². The number of fused-ring (bicyclic) bond motifs is 1. The lowest BCUT2D eigenvalue weighted by molar-refractivity contribution is -0.183. The molecular formula is C29H36FN3O5. The Morgan fingerprint density at radius 3 is 2.58 bits per heavy atom. The fourth-order valence-corrected chi connectivity index (χ4v) is 5.02. The Hall–Kier alpha value is -2.87. The molecule has 38 heavy (non-hydrogen) atoms. The molecule has 2 fully saturated rings. The van der Waals surface area contributed by atoms with Crippen LogP contribution >= 0.6 is 0 Å². The molecular weight excluding hydrogens is 489 g/mol. The predicted octanol–water partition coefficient (Wildman–Crippen LogP) is 3.53. The highest BCUT2D eigenvalue weighted by molar-refractivity contribution is 5.85. The Morgan fingerprint density at radius 1 is 1.13 bits per heavy atom. The van der Waals surface area contributed by atoms with Crippen molar-refractivity contribution in [2.75, 3.05) is 27.2 Å². The maximum atomic E-state index is 13.7. The van der Waals surface area contributed by atoms with Crippen LogP contribution in [0.1, 0.15) is 43.4 Å². The minimum Gasteiger partial charge on any atom is -0.371 e. The summed E-state index contributed by atoms with van der Waals surface area (Å²) in [5, 5.41) is 12.5. The van der Waals surface area contributed by atoms with Crippen LogP contribution in [-0.2, 0) is 37.0 Å². The third kappa shape index (κ3) is 6.76. The summed E-state index contributed by atoms with van der Waals surface area (Å²) in [6.07, 6.45) is -0.864. The van der Waals surface area contributed by atoms with E-state index in [4.69, 9.17) is 18.9 Å². The number of rotatable bonds is 10. The highest BCUT2D eigenvalue weighted by Gasteiger charge is 2.58. The van der Waals surface area contributed by atoms with Crippen molar-refractivity contribution >= 4 is 5.91 Å². The van der Waals surface area contributed by atoms with E-state index in [9.17, 15) is 14.4 Å². The Morgan fingerprint density at radius 2 is 1.87 bits per heavy atom. The van der Waals surface area contributed by atoms with E-state index in [1.807, 2.05) is 51.0 Å². The molecule has 1 aliphatic carbocycles. The van der Waals surface area contributed by atoms with Crippen LogP contribution in [-0.4, -0.2) is 67.7 Å². The normalized spacial score (nSPS) is 26.1. The molecule has 2 aliphatic rings. The molecule has 2 aromatic rings. The lowest BCUT2D eigenvalue weighted by Gasteiger charge is -2.43. The zero-order valence-electron chi connectivity index (χ0n) is 22.4. The first-order valence-electron chi connectivity index (χ1n) is 12.9. The second-order valence-electron chi connectivity index (χ2n) is 10.6. The number of halogens is 1. The summed E-state index contributed by atoms with van der Waals surface area (Å²) in [5.41, 5.74) is 0.774. The van der Waals surface area contributed by atoms with Crippen molar-refractivity contribution in [1.82, 2.24) is 10.2 Å². The minimum atomic E-state index is -1.26. The van der Waals surface area contributed by atoms with Gasteiger partial charge in [0.25, 0.3) is 5.91 Å². The van der Waals surface area contributed by atoms with Gasteiger partial charge in [-0.2, -0.15) is 5.26 Å². The minimum absolute atomic E-state index is 0.118. The van der Waals surface area contributed by atoms with Crippen molar-refractivity contribution in [3.63, 3.8) is 0 Å². The number of hydrogen-bond acceptors (Lipinski definition) is 7. The number of likely N-dealkylation sites (N-methyl/N-ethyl adjacent to an activating group) is 1. The molecule has 0 aromatic heterocycles. The van der Waals surface area contributed by atoms with Crippen molar-refractivity contribution < 1.29 is 28.1 Å². The highest BCUT2D eigenvalue weighted by atomic mass is 19.1. The van der Waals surface area contributed by atoms with Gasteiger partial charge in [0.15, 0.2) is 11.4 Å². The van der Waals surface area contributed by atoms with E-state index in [0.29, 0.717) is 18.7 Å². The Labute approximate surface area is 223 Å². The van der Waals surface area contributed by atoms with E-state index in [2.05, 4.69) is 11.4 Å². The second kappa shape index (κ2) is 11.9. The average molecular weight is 526 g/mol. The highest BCUT2D eigenvalue weighted by Crippen LogP contribution is 2.44. The van der Waals surface area contributed by atoms with Gasteiger partial charge in [-0.1, -0.05) is 30.3 Å². The summed E-state index contributed by atoms with van der Waals surface area (Å²) >= 11 is 0. The van der Waals surface area contributed by atoms with Gasteiger partial charge in [0.2, 0.25) is 0 Å². The van der Waals surface area contributed by atoms with Crippen molar-refractivity contribution in [2.24, 2.45) is 0 Å². The smallest absolute Gasteiger partial charge is 0.252 e. The van der Waals surface area contributed by atoms with Crippen LogP contribution in [0.15, 0.2) is 48.5 Å². The van der Waals surface area contributed by atoms with E-state index in [-0.39, 0.29) is 37.8 Å². The number of nitriles is 1. The van der Waals surface area contributed by atoms with Crippen molar-refractivity contribution in [1.29, 1.82) is 5.26 Å². The van der Waals surface area contributed by atoms with E-state index >= 15 is 0 Å². The SMILES string of the molecule is CN(C)CCNC(=O)[C@@]1(OCc2ccc(F)cc2)CC(OCc2ccccc2C#N)[C@@H]2OC(C)(C)O[C@@H]2C1. The summed E-state index contributed by atoms with van der Waals surface area (Å²) in [4.78, 5) is 15.7. The van der Waals surface area contributed by atoms with Crippen molar-refractivity contribution in [3.05, 3.63) is 71.0 Å². The molecule has 1 N–H and O–H groups in total. The largest absolute Gasteiger partial charge is 0.371 e. The predicted molar refractivity (Wildman–Crippen MR) is 138 cm³/mol. The van der Waals surface area contributed by atoms with Crippen molar-refractivity contribution in [2.45, 2.75) is 69.6 Å². The molecule has 1 saturated carbocycles. The zero-order valence-corrected chi connectivity index (χ0v) is 22.4. The number of amides is 1. The van der Waals surface area contributed by atoms with Gasteiger partial charge in [-0.25, -0.2) is 4.39 Å². The lowest BCUT2D eigenvalue weighted by atomic mass is 9.78. The van der Waals surface area contributed by atoms with E-state index in [0.717, 1.165) is 11.1 Å². The molecule has 0 spiro atoms. The van der Waals surface area contributed by atoms with Gasteiger partial charge in [-0.05, 0) is 57.3 Å². The fraction of sp³-hybridized carbons (Fsp3) is 0.517. The first-order chi connectivity index (χ1) is 18.1. The molecule has 8 nitrogen and oxygen atoms in total. The maximum absolute atomic E-state index is 13.7. The second-order valence-corrected chi connectivity index (χ2v) is 10.6. The molecule has 0 bridgehead atoms. The van der Waals surface area contributed by atoms with Crippen LogP contribution in [0, 0.1) is 17.1 Å². The van der Waals surface area contributed by atoms with Gasteiger partial charge in [0.05, 0.1) is 37.1 Å². The van der Waals surface area contributed by atoms with E-state index in [1.165, 1.54) is 12.1 Å². The molecule has 4 rings (SSSR count). The summed E-state index contributed by atoms with van der Waals surface area (Å²) in [6, 6.07) is 15.5. The Bertz CT molecular complexity index is 1150. The van der Waals surface area contributed by atoms with Crippen LogP contribution < -0.4 is 5.32 Å². The van der Waals surface area contributed by atoms with Crippen LogP contribution in [0.3, 0.4) is 0 Å². The Kier molecular flexibility index (Phi) is 8.81. The van der Waals surface area contributed by atoms with Crippen LogP contribution in [0.2, 0.25) is 0 Å². The first-order valence-corrected chi connectivity index (χ1v) is 12.9. The number of nitrogens with zero attached hydrogens (tertiary/aromatic N) is 2. The number of hydrogen-bond donors (Lipinski definition) is 1. The average Bonchev–Trinajstić information content (AvgIpc) is 3.20.